The number of aromatic nitrogens is 1. The predicted octanol–water partition coefficient (Wildman–Crippen LogP) is 1.96. The van der Waals surface area contributed by atoms with Gasteiger partial charge in [-0.2, -0.15) is 4.99 Å². The lowest BCUT2D eigenvalue weighted by molar-refractivity contribution is -0.122. The average Bonchev–Trinajstić information content (AvgIpc) is 2.88. The first-order valence-electron chi connectivity index (χ1n) is 8.28. The van der Waals surface area contributed by atoms with Crippen molar-refractivity contribution in [2.24, 2.45) is 18.0 Å². The molecule has 0 saturated carbocycles. The molecule has 1 aromatic carbocycles. The van der Waals surface area contributed by atoms with Crippen molar-refractivity contribution >= 4 is 37.5 Å². The molecule has 1 aliphatic heterocycles. The van der Waals surface area contributed by atoms with Crippen molar-refractivity contribution in [1.82, 2.24) is 8.87 Å². The molecular formula is C17H23N3O3S2. The molecule has 25 heavy (non-hydrogen) atoms. The van der Waals surface area contributed by atoms with E-state index in [1.165, 1.54) is 21.9 Å². The van der Waals surface area contributed by atoms with Crippen molar-refractivity contribution in [2.75, 3.05) is 19.3 Å². The van der Waals surface area contributed by atoms with Crippen molar-refractivity contribution in [3.8, 4) is 0 Å². The zero-order chi connectivity index (χ0) is 18.4. The van der Waals surface area contributed by atoms with Crippen LogP contribution in [0, 0.1) is 19.8 Å². The van der Waals surface area contributed by atoms with Crippen LogP contribution in [0.2, 0.25) is 0 Å². The molecule has 0 radical (unpaired) electrons. The van der Waals surface area contributed by atoms with E-state index in [0.717, 1.165) is 21.3 Å². The van der Waals surface area contributed by atoms with Crippen molar-refractivity contribution in [2.45, 2.75) is 26.7 Å². The summed E-state index contributed by atoms with van der Waals surface area (Å²) in [6.07, 6.45) is 2.56. The Morgan fingerprint density at radius 1 is 1.28 bits per heavy atom. The zero-order valence-corrected chi connectivity index (χ0v) is 16.6. The molecule has 0 N–H and O–H groups in total. The summed E-state index contributed by atoms with van der Waals surface area (Å²) in [5.74, 6) is -0.596. The fourth-order valence-corrected chi connectivity index (χ4v) is 5.38. The lowest BCUT2D eigenvalue weighted by atomic mass is 9.99. The van der Waals surface area contributed by atoms with Crippen LogP contribution in [0.5, 0.6) is 0 Å². The van der Waals surface area contributed by atoms with E-state index in [-0.39, 0.29) is 18.4 Å². The monoisotopic (exact) mass is 381 g/mol. The fraction of sp³-hybridized carbons (Fsp3) is 0.529. The topological polar surface area (TPSA) is 71.7 Å². The summed E-state index contributed by atoms with van der Waals surface area (Å²) in [5.41, 5.74) is 3.41. The van der Waals surface area contributed by atoms with Gasteiger partial charge in [-0.25, -0.2) is 12.7 Å². The highest BCUT2D eigenvalue weighted by atomic mass is 32.2. The first-order chi connectivity index (χ1) is 11.7. The molecular weight excluding hydrogens is 358 g/mol. The lowest BCUT2D eigenvalue weighted by Crippen LogP contribution is -2.41. The van der Waals surface area contributed by atoms with Gasteiger partial charge in [0.1, 0.15) is 0 Å². The van der Waals surface area contributed by atoms with E-state index in [9.17, 15) is 13.2 Å². The Morgan fingerprint density at radius 3 is 2.60 bits per heavy atom. The molecule has 2 heterocycles. The normalized spacial score (nSPS) is 20.3. The Kier molecular flexibility index (Phi) is 4.87. The second-order valence-electron chi connectivity index (χ2n) is 6.73. The van der Waals surface area contributed by atoms with Crippen LogP contribution in [0.15, 0.2) is 17.1 Å². The van der Waals surface area contributed by atoms with Gasteiger partial charge >= 0.3 is 0 Å². The molecule has 1 amide bonds. The van der Waals surface area contributed by atoms with Gasteiger partial charge in [0.25, 0.3) is 5.91 Å². The molecule has 1 fully saturated rings. The third-order valence-corrected chi connectivity index (χ3v) is 7.29. The number of thiazole rings is 1. The smallest absolute Gasteiger partial charge is 0.252 e. The summed E-state index contributed by atoms with van der Waals surface area (Å²) in [7, 11) is -1.35. The van der Waals surface area contributed by atoms with Crippen LogP contribution in [0.3, 0.4) is 0 Å². The maximum absolute atomic E-state index is 12.6. The van der Waals surface area contributed by atoms with Crippen LogP contribution in [0.25, 0.3) is 10.2 Å². The van der Waals surface area contributed by atoms with Crippen LogP contribution < -0.4 is 4.80 Å². The number of aryl methyl sites for hydroxylation is 3. The number of hydrogen-bond acceptors (Lipinski definition) is 4. The van der Waals surface area contributed by atoms with E-state index in [4.69, 9.17) is 0 Å². The predicted molar refractivity (Wildman–Crippen MR) is 100.0 cm³/mol. The van der Waals surface area contributed by atoms with Gasteiger partial charge in [-0.15, -0.1) is 0 Å². The van der Waals surface area contributed by atoms with E-state index in [2.05, 4.69) is 24.0 Å². The highest BCUT2D eigenvalue weighted by Gasteiger charge is 2.30. The molecule has 0 spiro atoms. The van der Waals surface area contributed by atoms with Crippen LogP contribution in [-0.4, -0.2) is 42.5 Å². The molecule has 1 saturated heterocycles. The molecule has 0 aliphatic carbocycles. The molecule has 1 atom stereocenters. The van der Waals surface area contributed by atoms with Crippen molar-refractivity contribution in [3.63, 3.8) is 0 Å². The number of piperidine rings is 1. The van der Waals surface area contributed by atoms with Gasteiger partial charge in [0.05, 0.1) is 22.4 Å². The van der Waals surface area contributed by atoms with Crippen LogP contribution in [0.1, 0.15) is 24.0 Å². The summed E-state index contributed by atoms with van der Waals surface area (Å²) in [5, 5.41) is 0. The second-order valence-corrected chi connectivity index (χ2v) is 9.69. The quantitative estimate of drug-likeness (QED) is 0.798. The number of carbonyl (C=O) groups excluding carboxylic acids is 1. The minimum atomic E-state index is -3.27. The first kappa shape index (κ1) is 18.3. The molecule has 1 aliphatic rings. The molecule has 2 aromatic rings. The summed E-state index contributed by atoms with van der Waals surface area (Å²) in [4.78, 5) is 17.6. The molecule has 3 rings (SSSR count). The highest BCUT2D eigenvalue weighted by Crippen LogP contribution is 2.24. The Labute approximate surface area is 151 Å². The third-order valence-electron chi connectivity index (χ3n) is 4.75. The van der Waals surface area contributed by atoms with Gasteiger partial charge in [0, 0.05) is 20.1 Å². The maximum atomic E-state index is 12.6. The van der Waals surface area contributed by atoms with Gasteiger partial charge in [-0.1, -0.05) is 23.5 Å². The SMILES string of the molecule is Cc1ccc(C)c2c1sc(=NC(=O)[C@@H]1CCCN(S(C)(=O)=O)C1)n2C. The first-order valence-corrected chi connectivity index (χ1v) is 10.9. The Hall–Kier alpha value is -1.51. The molecule has 0 unspecified atom stereocenters. The van der Waals surface area contributed by atoms with E-state index in [0.29, 0.717) is 24.2 Å². The molecule has 8 heteroatoms. The second kappa shape index (κ2) is 6.66. The van der Waals surface area contributed by atoms with E-state index >= 15 is 0 Å². The average molecular weight is 382 g/mol. The van der Waals surface area contributed by atoms with Gasteiger partial charge in [0.15, 0.2) is 4.80 Å². The number of fused-ring (bicyclic) bond motifs is 1. The minimum absolute atomic E-state index is 0.230. The van der Waals surface area contributed by atoms with Gasteiger partial charge in [-0.05, 0) is 37.8 Å². The summed E-state index contributed by atoms with van der Waals surface area (Å²) >= 11 is 1.51. The minimum Gasteiger partial charge on any atom is -0.319 e. The fourth-order valence-electron chi connectivity index (χ4n) is 3.30. The van der Waals surface area contributed by atoms with Crippen molar-refractivity contribution < 1.29 is 13.2 Å². The van der Waals surface area contributed by atoms with Gasteiger partial charge in [-0.3, -0.25) is 4.79 Å². The largest absolute Gasteiger partial charge is 0.319 e. The number of nitrogens with zero attached hydrogens (tertiary/aromatic N) is 3. The molecule has 136 valence electrons. The Morgan fingerprint density at radius 2 is 1.96 bits per heavy atom. The Bertz CT molecular complexity index is 1000. The van der Waals surface area contributed by atoms with Crippen molar-refractivity contribution in [1.29, 1.82) is 0 Å². The van der Waals surface area contributed by atoms with E-state index < -0.39 is 10.0 Å². The number of carbonyl (C=O) groups is 1. The number of benzene rings is 1. The maximum Gasteiger partial charge on any atom is 0.252 e. The lowest BCUT2D eigenvalue weighted by Gasteiger charge is -2.28. The van der Waals surface area contributed by atoms with E-state index in [1.54, 1.807) is 0 Å². The number of amides is 1. The highest BCUT2D eigenvalue weighted by molar-refractivity contribution is 7.88. The molecule has 1 aromatic heterocycles. The third kappa shape index (κ3) is 3.56. The zero-order valence-electron chi connectivity index (χ0n) is 14.9. The standard InChI is InChI=1S/C17H23N3O3S2/c1-11-7-8-12(2)15-14(11)19(3)17(24-15)18-16(21)13-6-5-9-20(10-13)25(4,22)23/h7-8,13H,5-6,9-10H2,1-4H3/t13-/m1/s1. The van der Waals surface area contributed by atoms with Crippen LogP contribution in [-0.2, 0) is 21.9 Å². The Balaban J connectivity index is 1.97. The summed E-state index contributed by atoms with van der Waals surface area (Å²) < 4.78 is 28.0. The number of sulfonamides is 1. The number of hydrogen-bond donors (Lipinski definition) is 0. The molecule has 0 bridgehead atoms. The summed E-state index contributed by atoms with van der Waals surface area (Å²) in [6, 6.07) is 4.14. The summed E-state index contributed by atoms with van der Waals surface area (Å²) in [6.45, 7) is 4.81. The molecule has 6 nitrogen and oxygen atoms in total. The van der Waals surface area contributed by atoms with Crippen LogP contribution in [0.4, 0.5) is 0 Å². The van der Waals surface area contributed by atoms with Crippen LogP contribution >= 0.6 is 11.3 Å². The van der Waals surface area contributed by atoms with E-state index in [1.807, 2.05) is 18.5 Å². The van der Waals surface area contributed by atoms with Crippen molar-refractivity contribution in [3.05, 3.63) is 28.1 Å². The van der Waals surface area contributed by atoms with Gasteiger partial charge < -0.3 is 4.57 Å². The van der Waals surface area contributed by atoms with Gasteiger partial charge in [0.2, 0.25) is 10.0 Å². The number of rotatable bonds is 2.